The molecule has 4 aliphatic rings. The van der Waals surface area contributed by atoms with E-state index in [1.807, 2.05) is 255 Å². The van der Waals surface area contributed by atoms with Crippen molar-refractivity contribution >= 4 is 46.7 Å². The number of amides is 3. The van der Waals surface area contributed by atoms with Crippen molar-refractivity contribution in [1.82, 2.24) is 0 Å². The van der Waals surface area contributed by atoms with E-state index in [1.165, 1.54) is 55.5 Å². The summed E-state index contributed by atoms with van der Waals surface area (Å²) in [5, 5.41) is 82.4. The number of aliphatic hydroxyl groups excluding tert-OH is 5. The number of phenols is 2. The smallest absolute Gasteiger partial charge is 0.335 e. The molecule has 3 amide bonds. The lowest BCUT2D eigenvalue weighted by Crippen LogP contribution is -2.61. The second-order valence-corrected chi connectivity index (χ2v) is 35.9. The van der Waals surface area contributed by atoms with Crippen molar-refractivity contribution in [2.45, 2.75) is 132 Å². The van der Waals surface area contributed by atoms with Crippen molar-refractivity contribution in [3.63, 3.8) is 0 Å². The molecule has 8 N–H and O–H groups in total. The minimum Gasteiger partial charge on any atom is -0.508 e. The number of aliphatic carboxylic acids is 1. The summed E-state index contributed by atoms with van der Waals surface area (Å²) in [6.45, 7) is 2.25. The zero-order chi connectivity index (χ0) is 100. The summed E-state index contributed by atoms with van der Waals surface area (Å²) >= 11 is 0. The van der Waals surface area contributed by atoms with E-state index in [1.54, 1.807) is 93.6 Å². The number of carbonyl (C=O) groups excluding carboxylic acids is 4. The average molecular weight is 1940 g/mol. The van der Waals surface area contributed by atoms with E-state index in [0.29, 0.717) is 96.1 Å². The molecule has 0 radical (unpaired) electrons. The zero-order valence-electron chi connectivity index (χ0n) is 78.4. The quantitative estimate of drug-likeness (QED) is 0.0137. The van der Waals surface area contributed by atoms with Gasteiger partial charge in [-0.3, -0.25) is 19.2 Å². The minimum absolute atomic E-state index is 0.0198. The van der Waals surface area contributed by atoms with Crippen molar-refractivity contribution in [2.24, 2.45) is 17.8 Å². The molecular weight excluding hydrogens is 1830 g/mol. The number of ether oxygens (including phenoxy) is 6. The summed E-state index contributed by atoms with van der Waals surface area (Å²) in [4.78, 5) is 70.4. The highest BCUT2D eigenvalue weighted by Gasteiger charge is 2.54. The second kappa shape index (κ2) is 46.2. The van der Waals surface area contributed by atoms with Gasteiger partial charge in [-0.15, -0.1) is 0 Å². The number of nitrogens with zero attached hydrogens (tertiary/aromatic N) is 3. The first-order chi connectivity index (χ1) is 69.9. The third-order valence-corrected chi connectivity index (χ3v) is 26.3. The van der Waals surface area contributed by atoms with E-state index >= 15 is 0 Å². The number of carboxylic acids is 1. The van der Waals surface area contributed by atoms with Gasteiger partial charge < -0.3 is 84.0 Å². The largest absolute Gasteiger partial charge is 0.508 e. The Bertz CT molecular complexity index is 6910. The topological polar surface area (TPSA) is 312 Å². The molecule has 0 saturated carbocycles. The van der Waals surface area contributed by atoms with Gasteiger partial charge in [0, 0.05) is 40.7 Å². The van der Waals surface area contributed by atoms with Gasteiger partial charge >= 0.3 is 11.9 Å². The fourth-order valence-electron chi connectivity index (χ4n) is 18.9. The number of carbonyl (C=O) groups is 5. The number of halogens is 3. The van der Waals surface area contributed by atoms with Gasteiger partial charge in [0.05, 0.1) is 48.1 Å². The monoisotopic (exact) mass is 1940 g/mol. The number of benzene rings is 15. The van der Waals surface area contributed by atoms with Crippen LogP contribution in [0.4, 0.5) is 30.2 Å². The number of hydrogen-bond donors (Lipinski definition) is 8. The standard InChI is InChI=1S/C43H40FNO10.C39H34FNO5.C37H32FNO4/c44-29-17-14-26(15-18-29)34(46)21-20-33-36(45(41(33)50)30-11-5-2-6-12-30)32-19-16-28(23-35(32)53-24-25-8-3-1-4-9-25)27-10-7-13-31(22-27)54-43-39(49)37(47)38(48)40(55-43)42(51)52;1-26(42)46-36(28-15-18-31(40)19-16-28)22-21-35-38(41(39(35)44)32-12-6-3-7-13-32)34-20-17-30(29-11-8-14-33(43)23-29)24-37(34)45-25-27-9-4-2-5-10-27;38-29-17-14-26(15-18-29)34(41)21-20-33-36(39(37(33)42)30-11-5-2-6-12-30)32-19-16-28(27-10-7-13-31(40)22-27)23-35(32)43-24-25-8-3-1-4-9-25/h1-19,22-23,33-34,36-40,43,46-49H,20-21,24H2,(H,51,52);2-20,23-24,35-36,38,43H,21-22,25H2,1H3;1-19,22-23,33-34,36,40-41H,20-21,24H2/t33-,34+,36-,37+,38+,39-,40+,43?;35-,36+,38-;33-,34+,36-/m111/s1. The molecule has 19 rings (SSSR count). The fourth-order valence-corrected chi connectivity index (χ4v) is 18.9. The Kier molecular flexibility index (Phi) is 31.9. The minimum atomic E-state index is -1.85. The Labute approximate surface area is 830 Å². The van der Waals surface area contributed by atoms with Crippen LogP contribution < -0.4 is 33.6 Å². The van der Waals surface area contributed by atoms with Gasteiger partial charge in [0.15, 0.2) is 6.10 Å². The van der Waals surface area contributed by atoms with E-state index in [0.717, 1.165) is 67.0 Å². The number of carboxylic acid groups (broad SMARTS) is 1. The summed E-state index contributed by atoms with van der Waals surface area (Å²) in [5.74, 6) is -2.25. The van der Waals surface area contributed by atoms with Gasteiger partial charge in [-0.1, -0.05) is 255 Å². The first kappa shape index (κ1) is 99.6. The third kappa shape index (κ3) is 23.6. The maximum absolute atomic E-state index is 13.9. The number of esters is 1. The second-order valence-electron chi connectivity index (χ2n) is 35.9. The lowest BCUT2D eigenvalue weighted by Gasteiger charge is -2.48. The van der Waals surface area contributed by atoms with Gasteiger partial charge in [0.2, 0.25) is 24.0 Å². The highest BCUT2D eigenvalue weighted by atomic mass is 19.1. The van der Waals surface area contributed by atoms with Crippen LogP contribution in [0.1, 0.15) is 132 Å². The predicted molar refractivity (Wildman–Crippen MR) is 538 cm³/mol. The average Bonchev–Trinajstić information content (AvgIpc) is 0.738. The van der Waals surface area contributed by atoms with Crippen LogP contribution in [0.3, 0.4) is 0 Å². The molecule has 15 aromatic carbocycles. The molecule has 144 heavy (non-hydrogen) atoms. The summed E-state index contributed by atoms with van der Waals surface area (Å²) in [5.41, 5.74) is 14.3. The van der Waals surface area contributed by atoms with Crippen molar-refractivity contribution in [1.29, 1.82) is 0 Å². The van der Waals surface area contributed by atoms with Crippen molar-refractivity contribution in [3.8, 4) is 67.9 Å². The molecule has 0 aromatic heterocycles. The van der Waals surface area contributed by atoms with Gasteiger partial charge in [-0.25, -0.2) is 18.0 Å². The number of para-hydroxylation sites is 3. The first-order valence-electron chi connectivity index (χ1n) is 47.6. The Morgan fingerprint density at radius 2 is 0.674 bits per heavy atom. The summed E-state index contributed by atoms with van der Waals surface area (Å²) < 4.78 is 76.9. The van der Waals surface area contributed by atoms with Crippen LogP contribution in [0.2, 0.25) is 0 Å². The van der Waals surface area contributed by atoms with E-state index in [9.17, 15) is 78.0 Å². The van der Waals surface area contributed by atoms with Crippen LogP contribution in [0.25, 0.3) is 33.4 Å². The van der Waals surface area contributed by atoms with Crippen LogP contribution in [0.5, 0.6) is 34.5 Å². The molecule has 4 aliphatic heterocycles. The lowest BCUT2D eigenvalue weighted by atomic mass is 9.77. The van der Waals surface area contributed by atoms with E-state index in [4.69, 9.17) is 28.4 Å². The molecular formula is C119H106F3N3O19. The van der Waals surface area contributed by atoms with E-state index in [-0.39, 0.29) is 77.6 Å². The normalized spacial score (nSPS) is 19.5. The van der Waals surface area contributed by atoms with Crippen molar-refractivity contribution in [2.75, 3.05) is 14.7 Å². The van der Waals surface area contributed by atoms with Gasteiger partial charge in [-0.2, -0.15) is 0 Å². The third-order valence-electron chi connectivity index (χ3n) is 26.3. The number of aromatic hydroxyl groups is 2. The Hall–Kier alpha value is -16.0. The molecule has 732 valence electrons. The molecule has 22 nitrogen and oxygen atoms in total. The fraction of sp³-hybridized carbons (Fsp3) is 0.202. The van der Waals surface area contributed by atoms with Gasteiger partial charge in [-0.05, 0) is 233 Å². The van der Waals surface area contributed by atoms with Crippen LogP contribution >= 0.6 is 0 Å². The van der Waals surface area contributed by atoms with Crippen molar-refractivity contribution in [3.05, 3.63) is 450 Å². The summed E-state index contributed by atoms with van der Waals surface area (Å²) in [6.07, 6.45) is -8.91. The maximum Gasteiger partial charge on any atom is 0.335 e. The SMILES string of the molecule is CC(=O)O[C@@H](CC[C@H]1C(=O)N(c2ccccc2)[C@@H]1c1ccc(-c2cccc(O)c2)cc1OCc1ccccc1)c1ccc(F)cc1.O=C(O)[C@H]1OC(Oc2cccc(-c3ccc([C@@H]4[C@@H](CC[C@H](O)c5ccc(F)cc5)C(=O)N4c4ccccc4)c(OCc4ccccc4)c3)c2)[C@H](O)[C@@H](O)[C@@H]1O.O=C1[C@H](CC[C@H](O)c2ccc(F)cc2)[C@@H](c2ccc(-c3cccc(O)c3)cc2OCc2ccccc2)N1c1ccccc1. The summed E-state index contributed by atoms with van der Waals surface area (Å²) in [6, 6.07) is 112. The molecule has 4 saturated heterocycles. The number of hydrogen-bond acceptors (Lipinski definition) is 18. The molecule has 25 heteroatoms. The van der Waals surface area contributed by atoms with Gasteiger partial charge in [0.25, 0.3) is 0 Å². The van der Waals surface area contributed by atoms with Gasteiger partial charge in [0.1, 0.15) is 96.2 Å². The van der Waals surface area contributed by atoms with Crippen LogP contribution in [-0.2, 0) is 53.3 Å². The van der Waals surface area contributed by atoms with Crippen LogP contribution in [0.15, 0.2) is 382 Å². The first-order valence-corrected chi connectivity index (χ1v) is 47.6. The molecule has 15 aromatic rings. The molecule has 0 bridgehead atoms. The predicted octanol–water partition coefficient (Wildman–Crippen LogP) is 22.1. The van der Waals surface area contributed by atoms with Crippen LogP contribution in [-0.4, -0.2) is 101 Å². The van der Waals surface area contributed by atoms with Crippen LogP contribution in [0, 0.1) is 35.2 Å². The molecule has 4 heterocycles. The molecule has 4 fully saturated rings. The Morgan fingerprint density at radius 3 is 1.01 bits per heavy atom. The van der Waals surface area contributed by atoms with E-state index < -0.39 is 84.7 Å². The molecule has 0 aliphatic carbocycles. The lowest BCUT2D eigenvalue weighted by molar-refractivity contribution is -0.271. The van der Waals surface area contributed by atoms with Crippen molar-refractivity contribution < 1.29 is 106 Å². The highest BCUT2D eigenvalue weighted by molar-refractivity contribution is 6.05. The highest BCUT2D eigenvalue weighted by Crippen LogP contribution is 2.54. The maximum atomic E-state index is 13.9. The Balaban J connectivity index is 0.000000149. The number of rotatable bonds is 34. The number of β-lactam (4-membered cyclic amide) rings is 3. The number of anilines is 3. The van der Waals surface area contributed by atoms with E-state index in [2.05, 4.69) is 0 Å². The number of phenolic OH excluding ortho intramolecular Hbond substituents is 2. The summed E-state index contributed by atoms with van der Waals surface area (Å²) in [7, 11) is 0. The Morgan fingerprint density at radius 1 is 0.354 bits per heavy atom. The zero-order valence-corrected chi connectivity index (χ0v) is 78.4. The molecule has 0 spiro atoms. The number of aliphatic hydroxyl groups is 5. The molecule has 1 unspecified atom stereocenters. The molecule has 14 atom stereocenters.